The predicted octanol–water partition coefficient (Wildman–Crippen LogP) is 2.60. The average molecular weight is 338 g/mol. The summed E-state index contributed by atoms with van der Waals surface area (Å²) in [6.07, 6.45) is 6.40. The van der Waals surface area contributed by atoms with Gasteiger partial charge >= 0.3 is 5.97 Å². The van der Waals surface area contributed by atoms with Gasteiger partial charge in [0.1, 0.15) is 5.82 Å². The van der Waals surface area contributed by atoms with E-state index in [4.69, 9.17) is 9.72 Å². The molecule has 6 nitrogen and oxygen atoms in total. The van der Waals surface area contributed by atoms with Crippen LogP contribution in [0.4, 0.5) is 5.82 Å². The summed E-state index contributed by atoms with van der Waals surface area (Å²) >= 11 is 0. The molecule has 4 rings (SSSR count). The lowest BCUT2D eigenvalue weighted by Crippen LogP contribution is -2.23. The summed E-state index contributed by atoms with van der Waals surface area (Å²) in [7, 11) is 0. The van der Waals surface area contributed by atoms with Gasteiger partial charge in [0, 0.05) is 19.3 Å². The van der Waals surface area contributed by atoms with Crippen LogP contribution >= 0.6 is 0 Å². The maximum atomic E-state index is 11.7. The van der Waals surface area contributed by atoms with Crippen LogP contribution < -0.4 is 4.90 Å². The molecule has 6 heteroatoms. The first-order valence-electron chi connectivity index (χ1n) is 8.74. The van der Waals surface area contributed by atoms with Crippen LogP contribution in [0.2, 0.25) is 0 Å². The second-order valence-electron chi connectivity index (χ2n) is 6.73. The molecule has 25 heavy (non-hydrogen) atoms. The van der Waals surface area contributed by atoms with Gasteiger partial charge < -0.3 is 9.64 Å². The largest absolute Gasteiger partial charge is 0.462 e. The quantitative estimate of drug-likeness (QED) is 0.758. The molecule has 2 aromatic heterocycles. The van der Waals surface area contributed by atoms with Crippen molar-refractivity contribution in [3.63, 3.8) is 0 Å². The van der Waals surface area contributed by atoms with Gasteiger partial charge in [0.05, 0.1) is 30.6 Å². The number of hydrogen-bond donors (Lipinski definition) is 0. The zero-order valence-electron chi connectivity index (χ0n) is 14.4. The fraction of sp³-hybridized carbons (Fsp3) is 0.421. The normalized spacial score (nSPS) is 21.1. The molecule has 0 spiro atoms. The van der Waals surface area contributed by atoms with E-state index in [0.29, 0.717) is 18.7 Å². The third kappa shape index (κ3) is 3.16. The number of pyridine rings is 1. The smallest absolute Gasteiger partial charge is 0.341 e. The van der Waals surface area contributed by atoms with Crippen LogP contribution in [0, 0.1) is 11.8 Å². The first-order chi connectivity index (χ1) is 12.2. The van der Waals surface area contributed by atoms with Crippen LogP contribution in [0.3, 0.4) is 0 Å². The summed E-state index contributed by atoms with van der Waals surface area (Å²) in [5.74, 6) is 2.43. The number of esters is 1. The number of hydrogen-bond acceptors (Lipinski definition) is 5. The Morgan fingerprint density at radius 3 is 2.92 bits per heavy atom. The van der Waals surface area contributed by atoms with E-state index in [-0.39, 0.29) is 5.97 Å². The molecule has 2 aromatic rings. The SMILES string of the molecule is C=Cc1nc(N2CC3CC3C2)ccc1Cn1cc(C(=O)OCC)cn1. The highest BCUT2D eigenvalue weighted by molar-refractivity contribution is 5.88. The molecule has 3 heterocycles. The zero-order valence-corrected chi connectivity index (χ0v) is 14.4. The van der Waals surface area contributed by atoms with Crippen LogP contribution in [-0.4, -0.2) is 40.4 Å². The van der Waals surface area contributed by atoms with Crippen LogP contribution in [0.15, 0.2) is 31.1 Å². The number of piperidine rings is 1. The summed E-state index contributed by atoms with van der Waals surface area (Å²) in [5.41, 5.74) is 2.36. The number of rotatable bonds is 6. The minimum absolute atomic E-state index is 0.348. The lowest BCUT2D eigenvalue weighted by Gasteiger charge is -2.20. The lowest BCUT2D eigenvalue weighted by molar-refractivity contribution is 0.0526. The van der Waals surface area contributed by atoms with Crippen molar-refractivity contribution in [3.05, 3.63) is 47.9 Å². The van der Waals surface area contributed by atoms with Crippen molar-refractivity contribution in [3.8, 4) is 0 Å². The first-order valence-corrected chi connectivity index (χ1v) is 8.74. The van der Waals surface area contributed by atoms with Crippen molar-refractivity contribution >= 4 is 17.9 Å². The Morgan fingerprint density at radius 2 is 2.20 bits per heavy atom. The Labute approximate surface area is 147 Å². The number of carbonyl (C=O) groups excluding carboxylic acids is 1. The van der Waals surface area contributed by atoms with Crippen LogP contribution in [-0.2, 0) is 11.3 Å². The maximum Gasteiger partial charge on any atom is 0.341 e. The molecular formula is C19H22N4O2. The van der Waals surface area contributed by atoms with Crippen molar-refractivity contribution in [2.75, 3.05) is 24.6 Å². The third-order valence-electron chi connectivity index (χ3n) is 4.97. The molecule has 1 aliphatic heterocycles. The molecule has 0 radical (unpaired) electrons. The zero-order chi connectivity index (χ0) is 17.4. The van der Waals surface area contributed by atoms with E-state index in [1.165, 1.54) is 12.6 Å². The summed E-state index contributed by atoms with van der Waals surface area (Å²) in [6, 6.07) is 4.15. The van der Waals surface area contributed by atoms with Gasteiger partial charge in [-0.25, -0.2) is 9.78 Å². The second-order valence-corrected chi connectivity index (χ2v) is 6.73. The van der Waals surface area contributed by atoms with Gasteiger partial charge in [-0.1, -0.05) is 12.6 Å². The van der Waals surface area contributed by atoms with Gasteiger partial charge in [-0.3, -0.25) is 4.68 Å². The highest BCUT2D eigenvalue weighted by Crippen LogP contribution is 2.45. The molecule has 0 bridgehead atoms. The van der Waals surface area contributed by atoms with Gasteiger partial charge in [-0.15, -0.1) is 0 Å². The summed E-state index contributed by atoms with van der Waals surface area (Å²) < 4.78 is 6.72. The number of ether oxygens (including phenoxy) is 1. The fourth-order valence-electron chi connectivity index (χ4n) is 3.51. The molecule has 2 fully saturated rings. The Bertz CT molecular complexity index is 804. The lowest BCUT2D eigenvalue weighted by atomic mass is 10.2. The highest BCUT2D eigenvalue weighted by atomic mass is 16.5. The third-order valence-corrected chi connectivity index (χ3v) is 4.97. The summed E-state index contributed by atoms with van der Waals surface area (Å²) in [6.45, 7) is 8.82. The molecule has 1 saturated carbocycles. The number of carbonyl (C=O) groups is 1. The number of nitrogens with zero attached hydrogens (tertiary/aromatic N) is 4. The molecule has 2 unspecified atom stereocenters. The minimum atomic E-state index is -0.348. The molecule has 130 valence electrons. The van der Waals surface area contributed by atoms with E-state index in [9.17, 15) is 4.79 Å². The highest BCUT2D eigenvalue weighted by Gasteiger charge is 2.45. The summed E-state index contributed by atoms with van der Waals surface area (Å²) in [5, 5.41) is 4.25. The minimum Gasteiger partial charge on any atom is -0.462 e. The van der Waals surface area contributed by atoms with Crippen molar-refractivity contribution in [1.29, 1.82) is 0 Å². The fourth-order valence-corrected chi connectivity index (χ4v) is 3.51. The van der Waals surface area contributed by atoms with E-state index in [2.05, 4.69) is 28.7 Å². The van der Waals surface area contributed by atoms with Gasteiger partial charge in [-0.2, -0.15) is 5.10 Å². The van der Waals surface area contributed by atoms with E-state index in [0.717, 1.165) is 42.0 Å². The van der Waals surface area contributed by atoms with Gasteiger partial charge in [0.15, 0.2) is 0 Å². The van der Waals surface area contributed by atoms with Gasteiger partial charge in [0.25, 0.3) is 0 Å². The number of aromatic nitrogens is 3. The maximum absolute atomic E-state index is 11.7. The number of fused-ring (bicyclic) bond motifs is 1. The Hall–Kier alpha value is -2.63. The van der Waals surface area contributed by atoms with Crippen molar-refractivity contribution in [2.45, 2.75) is 19.9 Å². The van der Waals surface area contributed by atoms with Crippen LogP contribution in [0.5, 0.6) is 0 Å². The predicted molar refractivity (Wildman–Crippen MR) is 95.4 cm³/mol. The monoisotopic (exact) mass is 338 g/mol. The van der Waals surface area contributed by atoms with Crippen LogP contribution in [0.1, 0.15) is 35.0 Å². The average Bonchev–Trinajstić information content (AvgIpc) is 3.02. The Morgan fingerprint density at radius 1 is 1.40 bits per heavy atom. The molecule has 2 aliphatic rings. The van der Waals surface area contributed by atoms with E-state index >= 15 is 0 Å². The Balaban J connectivity index is 1.50. The van der Waals surface area contributed by atoms with E-state index < -0.39 is 0 Å². The van der Waals surface area contributed by atoms with E-state index in [1.807, 2.05) is 0 Å². The van der Waals surface area contributed by atoms with Gasteiger partial charge in [-0.05, 0) is 42.9 Å². The molecule has 1 aliphatic carbocycles. The van der Waals surface area contributed by atoms with Crippen molar-refractivity contribution in [2.24, 2.45) is 11.8 Å². The molecule has 0 amide bonds. The summed E-state index contributed by atoms with van der Waals surface area (Å²) in [4.78, 5) is 18.9. The van der Waals surface area contributed by atoms with E-state index in [1.54, 1.807) is 23.9 Å². The second kappa shape index (κ2) is 6.35. The molecule has 1 saturated heterocycles. The molecule has 0 aromatic carbocycles. The van der Waals surface area contributed by atoms with Crippen molar-refractivity contribution < 1.29 is 9.53 Å². The molecule has 0 N–H and O–H groups in total. The Kier molecular flexibility index (Phi) is 4.03. The van der Waals surface area contributed by atoms with Gasteiger partial charge in [0.2, 0.25) is 0 Å². The van der Waals surface area contributed by atoms with Crippen LogP contribution in [0.25, 0.3) is 6.08 Å². The standard InChI is InChI=1S/C19H22N4O2/c1-3-17-13(11-23-12-16(8-20-23)19(24)25-4-2)5-6-18(21-17)22-9-14-7-15(14)10-22/h3,5-6,8,12,14-15H,1,4,7,9-11H2,2H3. The number of anilines is 1. The molecular weight excluding hydrogens is 316 g/mol. The molecule has 2 atom stereocenters. The van der Waals surface area contributed by atoms with Crippen molar-refractivity contribution in [1.82, 2.24) is 14.8 Å². The topological polar surface area (TPSA) is 60.2 Å². The first kappa shape index (κ1) is 15.9.